The van der Waals surface area contributed by atoms with E-state index in [1.165, 1.54) is 24.3 Å². The van der Waals surface area contributed by atoms with Gasteiger partial charge in [-0.25, -0.2) is 4.79 Å². The maximum atomic E-state index is 10.6. The minimum Gasteiger partial charge on any atom is -0.661 e. The average Bonchev–Trinajstić information content (AvgIpc) is 2.48. The van der Waals surface area contributed by atoms with Crippen molar-refractivity contribution in [3.63, 3.8) is 0 Å². The van der Waals surface area contributed by atoms with Crippen LogP contribution in [0.3, 0.4) is 0 Å². The predicted molar refractivity (Wildman–Crippen MR) is 87.8 cm³/mol. The van der Waals surface area contributed by atoms with Crippen LogP contribution in [0, 0.1) is 0 Å². The summed E-state index contributed by atoms with van der Waals surface area (Å²) in [5.41, 5.74) is 0.380. The predicted octanol–water partition coefficient (Wildman–Crippen LogP) is -2.86. The Morgan fingerprint density at radius 2 is 1.32 bits per heavy atom. The molecule has 0 aliphatic carbocycles. The molecule has 0 aromatic heterocycles. The molecule has 0 unspecified atom stereocenters. The molecular weight excluding hydrogens is 372 g/mol. The zero-order chi connectivity index (χ0) is 15.0. The van der Waals surface area contributed by atoms with E-state index in [4.69, 9.17) is 11.6 Å². The third kappa shape index (κ3) is 13.2. The second kappa shape index (κ2) is 18.6. The van der Waals surface area contributed by atoms with Gasteiger partial charge in [-0.15, -0.1) is 0 Å². The standard InChI is InChI=1S/C7H5ClO3.C7H6O2.Mg.4H2O/c8-6-3-1-2-5(4-6)7(9)11-10;8-7(9)6-4-2-1-3-5-6;;;;;/h1-4,10H;1-5H,(H,8,9);;4*1H2/q;;+2;;;;/p-2. The summed E-state index contributed by atoms with van der Waals surface area (Å²) < 4.78 is 0. The molecular formula is C14H17ClMgO9. The van der Waals surface area contributed by atoms with Crippen molar-refractivity contribution in [1.29, 1.82) is 0 Å². The Morgan fingerprint density at radius 1 is 0.840 bits per heavy atom. The van der Waals surface area contributed by atoms with E-state index in [1.54, 1.807) is 30.3 Å². The number of hydrogen-bond acceptors (Lipinski definition) is 5. The fourth-order valence-corrected chi connectivity index (χ4v) is 1.43. The summed E-state index contributed by atoms with van der Waals surface area (Å²) in [5.74, 6) is -2.05. The van der Waals surface area contributed by atoms with Gasteiger partial charge in [-0.2, -0.15) is 0 Å². The van der Waals surface area contributed by atoms with Crippen molar-refractivity contribution in [2.75, 3.05) is 0 Å². The zero-order valence-electron chi connectivity index (χ0n) is 12.8. The van der Waals surface area contributed by atoms with Crippen molar-refractivity contribution < 1.29 is 46.7 Å². The zero-order valence-corrected chi connectivity index (χ0v) is 15.0. The monoisotopic (exact) mass is 388 g/mol. The van der Waals surface area contributed by atoms with Crippen LogP contribution in [0.1, 0.15) is 20.7 Å². The Morgan fingerprint density at radius 3 is 1.68 bits per heavy atom. The van der Waals surface area contributed by atoms with Gasteiger partial charge in [0.25, 0.3) is 0 Å². The number of rotatable bonds is 2. The Kier molecular flexibility index (Phi) is 25.7. The molecule has 9 nitrogen and oxygen atoms in total. The van der Waals surface area contributed by atoms with E-state index in [1.807, 2.05) is 0 Å². The van der Waals surface area contributed by atoms with Crippen LogP contribution in [0.25, 0.3) is 0 Å². The topological polar surface area (TPSA) is 215 Å². The van der Waals surface area contributed by atoms with Gasteiger partial charge >= 0.3 is 29.0 Å². The first-order valence-electron chi connectivity index (χ1n) is 5.40. The Hall–Kier alpha value is -1.76. The van der Waals surface area contributed by atoms with Crippen molar-refractivity contribution in [2.24, 2.45) is 0 Å². The molecule has 2 rings (SSSR count). The van der Waals surface area contributed by atoms with Crippen molar-refractivity contribution in [2.45, 2.75) is 0 Å². The van der Waals surface area contributed by atoms with Crippen molar-refractivity contribution >= 4 is 46.6 Å². The van der Waals surface area contributed by atoms with Crippen LogP contribution in [0.2, 0.25) is 5.02 Å². The molecule has 0 radical (unpaired) electrons. The number of carboxylic acids is 1. The van der Waals surface area contributed by atoms with Gasteiger partial charge in [0.2, 0.25) is 0 Å². The van der Waals surface area contributed by atoms with Crippen molar-refractivity contribution in [1.82, 2.24) is 0 Å². The summed E-state index contributed by atoms with van der Waals surface area (Å²) in [6.07, 6.45) is 0. The fourth-order valence-electron chi connectivity index (χ4n) is 1.24. The molecule has 25 heavy (non-hydrogen) atoms. The molecule has 0 heterocycles. The minimum absolute atomic E-state index is 0. The normalized spacial score (nSPS) is 7.28. The molecule has 0 bridgehead atoms. The van der Waals surface area contributed by atoms with E-state index in [-0.39, 0.29) is 56.1 Å². The molecule has 2 aromatic carbocycles. The summed E-state index contributed by atoms with van der Waals surface area (Å²) in [7, 11) is 0. The quantitative estimate of drug-likeness (QED) is 0.300. The van der Waals surface area contributed by atoms with Crippen molar-refractivity contribution in [3.8, 4) is 0 Å². The molecule has 0 amide bonds. The molecule has 11 heteroatoms. The number of halogens is 1. The molecule has 0 aliphatic heterocycles. The maximum Gasteiger partial charge on any atom is 2.00 e. The van der Waals surface area contributed by atoms with Crippen LogP contribution in [-0.2, 0) is 4.89 Å². The summed E-state index contributed by atoms with van der Waals surface area (Å²) in [4.78, 5) is 23.9. The van der Waals surface area contributed by atoms with Gasteiger partial charge in [-0.1, -0.05) is 48.0 Å². The van der Waals surface area contributed by atoms with Gasteiger partial charge in [-0.3, -0.25) is 0 Å². The summed E-state index contributed by atoms with van der Waals surface area (Å²) in [6.45, 7) is 0. The van der Waals surface area contributed by atoms with Crippen LogP contribution in [0.5, 0.6) is 0 Å². The fraction of sp³-hybridized carbons (Fsp3) is 0. The molecule has 0 fully saturated rings. The molecule has 0 saturated carbocycles. The second-order valence-corrected chi connectivity index (χ2v) is 3.97. The van der Waals surface area contributed by atoms with E-state index in [0.29, 0.717) is 5.02 Å². The first-order valence-corrected chi connectivity index (χ1v) is 5.78. The van der Waals surface area contributed by atoms with Gasteiger partial charge in [0.15, 0.2) is 0 Å². The smallest absolute Gasteiger partial charge is 0.661 e. The number of carbonyl (C=O) groups is 2. The Balaban J connectivity index is -0.0000000899. The number of benzene rings is 2. The molecule has 136 valence electrons. The number of hydrogen-bond donors (Lipinski definition) is 0. The van der Waals surface area contributed by atoms with Gasteiger partial charge in [0.05, 0.1) is 11.5 Å². The number of aromatic carboxylic acids is 1. The van der Waals surface area contributed by atoms with Crippen LogP contribution < -0.4 is 10.4 Å². The van der Waals surface area contributed by atoms with E-state index >= 15 is 0 Å². The summed E-state index contributed by atoms with van der Waals surface area (Å²) in [5, 5.41) is 20.1. The van der Waals surface area contributed by atoms with E-state index in [9.17, 15) is 20.0 Å². The van der Waals surface area contributed by atoms with Crippen LogP contribution in [0.15, 0.2) is 54.6 Å². The molecule has 0 atom stereocenters. The van der Waals surface area contributed by atoms with Gasteiger partial charge in [-0.05, 0) is 23.8 Å². The summed E-state index contributed by atoms with van der Waals surface area (Å²) in [6, 6.07) is 14.0. The number of carboxylic acid groups (broad SMARTS) is 1. The van der Waals surface area contributed by atoms with E-state index < -0.39 is 11.9 Å². The molecule has 0 spiro atoms. The molecule has 0 saturated heterocycles. The molecule has 8 N–H and O–H groups in total. The first-order chi connectivity index (χ1) is 9.54. The van der Waals surface area contributed by atoms with Crippen molar-refractivity contribution in [3.05, 3.63) is 70.7 Å². The SMILES string of the molecule is O.O.O.O.O=C(O[O-])c1cccc(Cl)c1.O=C([O-])c1ccccc1.[Mg+2]. The first kappa shape index (κ1) is 34.5. The van der Waals surface area contributed by atoms with E-state index in [2.05, 4.69) is 4.89 Å². The third-order valence-electron chi connectivity index (χ3n) is 2.15. The number of carbonyl (C=O) groups excluding carboxylic acids is 2. The third-order valence-corrected chi connectivity index (χ3v) is 2.38. The molecule has 2 aromatic rings. The second-order valence-electron chi connectivity index (χ2n) is 3.53. The Labute approximate surface area is 164 Å². The van der Waals surface area contributed by atoms with Gasteiger partial charge in [0, 0.05) is 5.02 Å². The maximum absolute atomic E-state index is 10.6. The van der Waals surface area contributed by atoms with Gasteiger partial charge < -0.3 is 42.0 Å². The Bertz CT molecular complexity index is 596. The van der Waals surface area contributed by atoms with Gasteiger partial charge in [0.1, 0.15) is 0 Å². The van der Waals surface area contributed by atoms with Crippen LogP contribution >= 0.6 is 11.6 Å². The molecule has 0 aliphatic rings. The largest absolute Gasteiger partial charge is 2.00 e. The average molecular weight is 389 g/mol. The minimum atomic E-state index is -1.13. The summed E-state index contributed by atoms with van der Waals surface area (Å²) >= 11 is 5.54. The van der Waals surface area contributed by atoms with Crippen LogP contribution in [0.4, 0.5) is 0 Å². The van der Waals surface area contributed by atoms with E-state index in [0.717, 1.165) is 0 Å². The van der Waals surface area contributed by atoms with Crippen LogP contribution in [-0.4, -0.2) is 56.9 Å².